The molecule has 1 aromatic carbocycles. The number of nitrogens with zero attached hydrogens (tertiary/aromatic N) is 1. The van der Waals surface area contributed by atoms with Gasteiger partial charge >= 0.3 is 10.2 Å². The second-order valence-electron chi connectivity index (χ2n) is 3.63. The van der Waals surface area contributed by atoms with E-state index in [1.54, 1.807) is 0 Å². The van der Waals surface area contributed by atoms with Crippen LogP contribution in [0, 0.1) is 5.82 Å². The summed E-state index contributed by atoms with van der Waals surface area (Å²) in [6, 6.07) is 3.59. The van der Waals surface area contributed by atoms with Gasteiger partial charge in [0.15, 0.2) is 0 Å². The van der Waals surface area contributed by atoms with E-state index in [1.165, 1.54) is 19.2 Å². The van der Waals surface area contributed by atoms with E-state index in [4.69, 9.17) is 16.7 Å². The van der Waals surface area contributed by atoms with Crippen LogP contribution in [0.1, 0.15) is 6.42 Å². The number of aliphatic hydroxyl groups excluding tert-OH is 1. The van der Waals surface area contributed by atoms with E-state index in [-0.39, 0.29) is 23.9 Å². The van der Waals surface area contributed by atoms with E-state index in [0.29, 0.717) is 6.42 Å². The molecule has 0 aliphatic rings. The average molecular weight is 297 g/mol. The smallest absolute Gasteiger partial charge is 0.301 e. The third-order valence-corrected chi connectivity index (χ3v) is 3.92. The zero-order valence-electron chi connectivity index (χ0n) is 9.73. The highest BCUT2D eigenvalue weighted by atomic mass is 35.5. The van der Waals surface area contributed by atoms with Crippen molar-refractivity contribution in [1.29, 1.82) is 0 Å². The molecule has 0 aromatic heterocycles. The van der Waals surface area contributed by atoms with E-state index in [1.807, 2.05) is 0 Å². The molecular weight excluding hydrogens is 283 g/mol. The summed E-state index contributed by atoms with van der Waals surface area (Å²) >= 11 is 5.66. The maximum Gasteiger partial charge on any atom is 0.301 e. The van der Waals surface area contributed by atoms with Gasteiger partial charge in [-0.25, -0.2) is 4.39 Å². The van der Waals surface area contributed by atoms with Crippen LogP contribution in [0.4, 0.5) is 10.1 Å². The largest absolute Gasteiger partial charge is 0.396 e. The van der Waals surface area contributed by atoms with E-state index >= 15 is 0 Å². The molecule has 0 aliphatic heterocycles. The Bertz CT molecular complexity index is 510. The standard InChI is InChI=1S/C10H14ClFN2O3S/c1-14(5-2-6-15)18(16,17)13-10-7-8(11)3-4-9(10)12/h3-4,7,13,15H,2,5-6H2,1H3. The molecule has 0 saturated heterocycles. The molecule has 18 heavy (non-hydrogen) atoms. The summed E-state index contributed by atoms with van der Waals surface area (Å²) in [6.07, 6.45) is 0.301. The Balaban J connectivity index is 2.85. The van der Waals surface area contributed by atoms with Crippen molar-refractivity contribution in [2.75, 3.05) is 24.9 Å². The van der Waals surface area contributed by atoms with Crippen molar-refractivity contribution in [2.45, 2.75) is 6.42 Å². The quantitative estimate of drug-likeness (QED) is 0.835. The van der Waals surface area contributed by atoms with Gasteiger partial charge in [0, 0.05) is 25.2 Å². The number of halogens is 2. The molecule has 1 rings (SSSR count). The number of hydrogen-bond donors (Lipinski definition) is 2. The normalized spacial score (nSPS) is 11.8. The van der Waals surface area contributed by atoms with Gasteiger partial charge in [0.05, 0.1) is 5.69 Å². The van der Waals surface area contributed by atoms with Crippen LogP contribution in [-0.4, -0.2) is 38.0 Å². The second kappa shape index (κ2) is 6.33. The lowest BCUT2D eigenvalue weighted by molar-refractivity contribution is 0.276. The van der Waals surface area contributed by atoms with Gasteiger partial charge in [0.2, 0.25) is 0 Å². The van der Waals surface area contributed by atoms with Crippen molar-refractivity contribution in [1.82, 2.24) is 4.31 Å². The number of anilines is 1. The molecule has 0 amide bonds. The first-order valence-electron chi connectivity index (χ1n) is 5.17. The molecule has 0 saturated carbocycles. The van der Waals surface area contributed by atoms with Crippen LogP contribution in [0.25, 0.3) is 0 Å². The number of benzene rings is 1. The van der Waals surface area contributed by atoms with E-state index in [0.717, 1.165) is 10.4 Å². The van der Waals surface area contributed by atoms with Gasteiger partial charge in [-0.2, -0.15) is 12.7 Å². The zero-order chi connectivity index (χ0) is 13.8. The van der Waals surface area contributed by atoms with Crippen molar-refractivity contribution >= 4 is 27.5 Å². The van der Waals surface area contributed by atoms with Crippen molar-refractivity contribution in [3.8, 4) is 0 Å². The Morgan fingerprint density at radius 1 is 1.50 bits per heavy atom. The van der Waals surface area contributed by atoms with Gasteiger partial charge in [0.1, 0.15) is 5.82 Å². The molecule has 0 atom stereocenters. The molecule has 2 N–H and O–H groups in total. The Morgan fingerprint density at radius 2 is 2.17 bits per heavy atom. The molecule has 0 heterocycles. The second-order valence-corrected chi connectivity index (χ2v) is 5.84. The Kier molecular flexibility index (Phi) is 5.33. The predicted octanol–water partition coefficient (Wildman–Crippen LogP) is 1.45. The van der Waals surface area contributed by atoms with Crippen molar-refractivity contribution < 1.29 is 17.9 Å². The first kappa shape index (κ1) is 15.2. The van der Waals surface area contributed by atoms with Crippen molar-refractivity contribution in [3.63, 3.8) is 0 Å². The summed E-state index contributed by atoms with van der Waals surface area (Å²) < 4.78 is 40.0. The van der Waals surface area contributed by atoms with Crippen LogP contribution in [0.2, 0.25) is 5.02 Å². The highest BCUT2D eigenvalue weighted by molar-refractivity contribution is 7.90. The summed E-state index contributed by atoms with van der Waals surface area (Å²) in [5.74, 6) is -0.710. The van der Waals surface area contributed by atoms with Gasteiger partial charge in [0.25, 0.3) is 0 Å². The number of hydrogen-bond acceptors (Lipinski definition) is 3. The summed E-state index contributed by atoms with van der Waals surface area (Å²) in [4.78, 5) is 0. The fourth-order valence-corrected chi connectivity index (χ4v) is 2.34. The Morgan fingerprint density at radius 3 is 2.78 bits per heavy atom. The maximum atomic E-state index is 13.4. The lowest BCUT2D eigenvalue weighted by Gasteiger charge is -2.18. The highest BCUT2D eigenvalue weighted by Gasteiger charge is 2.18. The predicted molar refractivity (Wildman–Crippen MR) is 68.3 cm³/mol. The molecule has 0 bridgehead atoms. The van der Waals surface area contributed by atoms with E-state index in [9.17, 15) is 12.8 Å². The molecular formula is C10H14ClFN2O3S. The van der Waals surface area contributed by atoms with Crippen molar-refractivity contribution in [3.05, 3.63) is 29.0 Å². The SMILES string of the molecule is CN(CCCO)S(=O)(=O)Nc1cc(Cl)ccc1F. The fraction of sp³-hybridized carbons (Fsp3) is 0.400. The van der Waals surface area contributed by atoms with Crippen molar-refractivity contribution in [2.24, 2.45) is 0 Å². The minimum absolute atomic E-state index is 0.120. The molecule has 0 unspecified atom stereocenters. The molecule has 0 aliphatic carbocycles. The van der Waals surface area contributed by atoms with Crippen LogP contribution in [-0.2, 0) is 10.2 Å². The van der Waals surface area contributed by atoms with Gasteiger partial charge < -0.3 is 5.11 Å². The number of aliphatic hydroxyl groups is 1. The first-order valence-corrected chi connectivity index (χ1v) is 6.98. The lowest BCUT2D eigenvalue weighted by Crippen LogP contribution is -2.33. The van der Waals surface area contributed by atoms with E-state index in [2.05, 4.69) is 4.72 Å². The minimum atomic E-state index is -3.85. The summed E-state index contributed by atoms with van der Waals surface area (Å²) in [5, 5.41) is 8.86. The Hall–Kier alpha value is -0.890. The van der Waals surface area contributed by atoms with E-state index < -0.39 is 16.0 Å². The number of rotatable bonds is 6. The minimum Gasteiger partial charge on any atom is -0.396 e. The van der Waals surface area contributed by atoms with Gasteiger partial charge in [-0.3, -0.25) is 4.72 Å². The van der Waals surface area contributed by atoms with Crippen LogP contribution >= 0.6 is 11.6 Å². The van der Waals surface area contributed by atoms with Crippen LogP contribution in [0.5, 0.6) is 0 Å². The molecule has 0 radical (unpaired) electrons. The van der Waals surface area contributed by atoms with Crippen LogP contribution in [0.15, 0.2) is 18.2 Å². The zero-order valence-corrected chi connectivity index (χ0v) is 11.3. The fourth-order valence-electron chi connectivity index (χ4n) is 1.21. The summed E-state index contributed by atoms with van der Waals surface area (Å²) in [6.45, 7) is 0.0133. The van der Waals surface area contributed by atoms with Gasteiger partial charge in [-0.05, 0) is 24.6 Å². The topological polar surface area (TPSA) is 69.6 Å². The van der Waals surface area contributed by atoms with Gasteiger partial charge in [-0.1, -0.05) is 11.6 Å². The highest BCUT2D eigenvalue weighted by Crippen LogP contribution is 2.21. The third-order valence-electron chi connectivity index (χ3n) is 2.21. The summed E-state index contributed by atoms with van der Waals surface area (Å²) in [5.41, 5.74) is -0.210. The monoisotopic (exact) mass is 296 g/mol. The first-order chi connectivity index (χ1) is 8.36. The average Bonchev–Trinajstić information content (AvgIpc) is 2.30. The number of nitrogens with one attached hydrogen (secondary N) is 1. The molecule has 0 spiro atoms. The molecule has 8 heteroatoms. The lowest BCUT2D eigenvalue weighted by atomic mass is 10.3. The van der Waals surface area contributed by atoms with Crippen LogP contribution < -0.4 is 4.72 Å². The van der Waals surface area contributed by atoms with Crippen LogP contribution in [0.3, 0.4) is 0 Å². The molecule has 0 fully saturated rings. The third kappa shape index (κ3) is 4.09. The van der Waals surface area contributed by atoms with Gasteiger partial charge in [-0.15, -0.1) is 0 Å². The molecule has 1 aromatic rings. The Labute approximate surface area is 110 Å². The maximum absolute atomic E-state index is 13.4. The summed E-state index contributed by atoms with van der Waals surface area (Å²) in [7, 11) is -2.52. The molecule has 5 nitrogen and oxygen atoms in total. The molecule has 102 valence electrons.